The van der Waals surface area contributed by atoms with Crippen LogP contribution in [0.3, 0.4) is 0 Å². The predicted molar refractivity (Wildman–Crippen MR) is 225 cm³/mol. The van der Waals surface area contributed by atoms with Crippen LogP contribution < -0.4 is 5.32 Å². The molecule has 0 spiro atoms. The van der Waals surface area contributed by atoms with Gasteiger partial charge in [-0.1, -0.05) is 224 Å². The highest BCUT2D eigenvalue weighted by Gasteiger charge is 2.17. The molecule has 0 bridgehead atoms. The molecule has 300 valence electrons. The van der Waals surface area contributed by atoms with Gasteiger partial charge in [-0.2, -0.15) is 0 Å². The van der Waals surface area contributed by atoms with Crippen molar-refractivity contribution in [3.8, 4) is 0 Å². The zero-order chi connectivity index (χ0) is 37.1. The van der Waals surface area contributed by atoms with Crippen LogP contribution in [-0.2, 0) is 4.79 Å². The summed E-state index contributed by atoms with van der Waals surface area (Å²) in [6.45, 7) is 4.29. The fourth-order valence-corrected chi connectivity index (χ4v) is 6.88. The smallest absolute Gasteiger partial charge is 0.220 e. The monoisotopic (exact) mass is 716 g/mol. The summed E-state index contributed by atoms with van der Waals surface area (Å²) in [5.41, 5.74) is 0. The number of hydrogen-bond donors (Lipinski definition) is 3. The van der Waals surface area contributed by atoms with Crippen LogP contribution in [0.25, 0.3) is 0 Å². The molecule has 2 atom stereocenters. The van der Waals surface area contributed by atoms with Gasteiger partial charge in [0.1, 0.15) is 0 Å². The summed E-state index contributed by atoms with van der Waals surface area (Å²) < 4.78 is 0. The zero-order valence-corrected chi connectivity index (χ0v) is 34.4. The van der Waals surface area contributed by atoms with E-state index < -0.39 is 12.1 Å². The molecule has 0 aromatic heterocycles. The molecule has 0 aromatic rings. The van der Waals surface area contributed by atoms with Crippen molar-refractivity contribution < 1.29 is 15.0 Å². The van der Waals surface area contributed by atoms with Crippen LogP contribution in [0.15, 0.2) is 36.5 Å². The quantitative estimate of drug-likeness (QED) is 0.0335. The molecule has 4 nitrogen and oxygen atoms in total. The number of hydrogen-bond acceptors (Lipinski definition) is 3. The lowest BCUT2D eigenvalue weighted by atomic mass is 10.0. The maximum absolute atomic E-state index is 12.4. The molecule has 0 saturated heterocycles. The van der Waals surface area contributed by atoms with E-state index in [0.29, 0.717) is 6.42 Å². The van der Waals surface area contributed by atoms with E-state index in [1.807, 2.05) is 6.08 Å². The standard InChI is InChI=1S/C47H89NO3/c1-3-5-7-9-11-13-15-17-19-21-23-25-26-28-30-32-34-36-38-40-42-46(50)45(44-49)48-47(51)43-41-39-37-35-33-31-29-27-24-22-20-18-16-14-12-10-8-6-4-2/h12,14,16,18,40,42,45-46,49-50H,3-11,13,15,17,19-39,41,43-44H2,1-2H3,(H,48,51)/b14-12-,18-16-,42-40+. The molecular formula is C47H89NO3. The number of amides is 1. The predicted octanol–water partition coefficient (Wildman–Crippen LogP) is 14.2. The minimum Gasteiger partial charge on any atom is -0.394 e. The average molecular weight is 716 g/mol. The molecule has 0 aromatic carbocycles. The van der Waals surface area contributed by atoms with Crippen molar-refractivity contribution in [3.63, 3.8) is 0 Å². The first kappa shape index (κ1) is 49.6. The van der Waals surface area contributed by atoms with Gasteiger partial charge in [-0.05, 0) is 44.9 Å². The number of carbonyl (C=O) groups is 1. The van der Waals surface area contributed by atoms with Gasteiger partial charge in [-0.15, -0.1) is 0 Å². The van der Waals surface area contributed by atoms with E-state index in [2.05, 4.69) is 43.5 Å². The molecule has 0 aliphatic rings. The number of aliphatic hydroxyl groups is 2. The van der Waals surface area contributed by atoms with Gasteiger partial charge < -0.3 is 15.5 Å². The van der Waals surface area contributed by atoms with Crippen LogP contribution in [0.1, 0.15) is 239 Å². The van der Waals surface area contributed by atoms with Crippen LogP contribution in [-0.4, -0.2) is 34.9 Å². The van der Waals surface area contributed by atoms with Gasteiger partial charge in [-0.25, -0.2) is 0 Å². The third kappa shape index (κ3) is 39.6. The number of rotatable bonds is 41. The second-order valence-electron chi connectivity index (χ2n) is 15.5. The number of aliphatic hydroxyl groups excluding tert-OH is 2. The topological polar surface area (TPSA) is 69.6 Å². The Morgan fingerprint density at radius 2 is 0.784 bits per heavy atom. The Kier molecular flexibility index (Phi) is 41.8. The van der Waals surface area contributed by atoms with Crippen LogP contribution in [0.4, 0.5) is 0 Å². The second-order valence-corrected chi connectivity index (χ2v) is 15.5. The Labute approximate surface area is 319 Å². The molecule has 0 rings (SSSR count). The Balaban J connectivity index is 3.56. The molecule has 4 heteroatoms. The summed E-state index contributed by atoms with van der Waals surface area (Å²) >= 11 is 0. The SMILES string of the molecule is CCCCC/C=C\C=C/CCCCCCCCCCCCC(=O)NC(CO)C(O)/C=C/CCCCCCCCCCCCCCCCCCCC. The van der Waals surface area contributed by atoms with E-state index in [0.717, 1.165) is 25.7 Å². The molecule has 0 aliphatic carbocycles. The molecule has 0 fully saturated rings. The lowest BCUT2D eigenvalue weighted by molar-refractivity contribution is -0.123. The summed E-state index contributed by atoms with van der Waals surface area (Å²) in [4.78, 5) is 12.4. The first-order valence-corrected chi connectivity index (χ1v) is 22.7. The summed E-state index contributed by atoms with van der Waals surface area (Å²) in [5.74, 6) is -0.0668. The van der Waals surface area contributed by atoms with Gasteiger partial charge in [0.2, 0.25) is 5.91 Å². The van der Waals surface area contributed by atoms with Crippen molar-refractivity contribution in [2.45, 2.75) is 251 Å². The second kappa shape index (κ2) is 43.0. The van der Waals surface area contributed by atoms with Crippen LogP contribution in [0.5, 0.6) is 0 Å². The molecule has 0 heterocycles. The molecule has 0 radical (unpaired) electrons. The Bertz CT molecular complexity index is 775. The highest BCUT2D eigenvalue weighted by molar-refractivity contribution is 5.76. The third-order valence-electron chi connectivity index (χ3n) is 10.4. The molecule has 2 unspecified atom stereocenters. The van der Waals surface area contributed by atoms with Crippen molar-refractivity contribution in [2.24, 2.45) is 0 Å². The molecule has 0 aliphatic heterocycles. The third-order valence-corrected chi connectivity index (χ3v) is 10.4. The average Bonchev–Trinajstić information content (AvgIpc) is 3.13. The lowest BCUT2D eigenvalue weighted by Crippen LogP contribution is -2.45. The van der Waals surface area contributed by atoms with Crippen molar-refractivity contribution >= 4 is 5.91 Å². The van der Waals surface area contributed by atoms with Crippen LogP contribution >= 0.6 is 0 Å². The first-order chi connectivity index (χ1) is 25.2. The minimum absolute atomic E-state index is 0.0668. The van der Waals surface area contributed by atoms with Crippen molar-refractivity contribution in [1.82, 2.24) is 5.32 Å². The first-order valence-electron chi connectivity index (χ1n) is 22.7. The van der Waals surface area contributed by atoms with E-state index in [9.17, 15) is 15.0 Å². The summed E-state index contributed by atoms with van der Waals surface area (Å²) in [6.07, 6.45) is 56.8. The molecule has 3 N–H and O–H groups in total. The van der Waals surface area contributed by atoms with Gasteiger partial charge in [0.15, 0.2) is 0 Å². The Hall–Kier alpha value is -1.39. The van der Waals surface area contributed by atoms with Gasteiger partial charge in [0, 0.05) is 6.42 Å². The van der Waals surface area contributed by atoms with E-state index in [4.69, 9.17) is 0 Å². The molecule has 0 saturated carbocycles. The van der Waals surface area contributed by atoms with Gasteiger partial charge in [0.05, 0.1) is 18.8 Å². The minimum atomic E-state index is -0.840. The number of carbonyl (C=O) groups excluding carboxylic acids is 1. The fraction of sp³-hybridized carbons (Fsp3) is 0.851. The van der Waals surface area contributed by atoms with E-state index in [1.165, 1.54) is 193 Å². The van der Waals surface area contributed by atoms with E-state index >= 15 is 0 Å². The molecular weight excluding hydrogens is 627 g/mol. The largest absolute Gasteiger partial charge is 0.394 e. The van der Waals surface area contributed by atoms with Gasteiger partial charge in [-0.3, -0.25) is 4.79 Å². The number of allylic oxidation sites excluding steroid dienone is 5. The van der Waals surface area contributed by atoms with Crippen molar-refractivity contribution in [1.29, 1.82) is 0 Å². The van der Waals surface area contributed by atoms with Crippen LogP contribution in [0, 0.1) is 0 Å². The number of nitrogens with one attached hydrogen (secondary N) is 1. The van der Waals surface area contributed by atoms with Gasteiger partial charge >= 0.3 is 0 Å². The molecule has 51 heavy (non-hydrogen) atoms. The van der Waals surface area contributed by atoms with E-state index in [1.54, 1.807) is 6.08 Å². The maximum Gasteiger partial charge on any atom is 0.220 e. The summed E-state index contributed by atoms with van der Waals surface area (Å²) in [6, 6.07) is -0.623. The normalized spacial score (nSPS) is 13.3. The highest BCUT2D eigenvalue weighted by Crippen LogP contribution is 2.16. The number of unbranched alkanes of at least 4 members (excludes halogenated alkanes) is 31. The fourth-order valence-electron chi connectivity index (χ4n) is 6.88. The maximum atomic E-state index is 12.4. The molecule has 1 amide bonds. The lowest BCUT2D eigenvalue weighted by Gasteiger charge is -2.20. The van der Waals surface area contributed by atoms with E-state index in [-0.39, 0.29) is 12.5 Å². The zero-order valence-electron chi connectivity index (χ0n) is 34.4. The highest BCUT2D eigenvalue weighted by atomic mass is 16.3. The van der Waals surface area contributed by atoms with Gasteiger partial charge in [0.25, 0.3) is 0 Å². The summed E-state index contributed by atoms with van der Waals surface area (Å²) in [7, 11) is 0. The summed E-state index contributed by atoms with van der Waals surface area (Å²) in [5, 5.41) is 23.0. The van der Waals surface area contributed by atoms with Crippen molar-refractivity contribution in [2.75, 3.05) is 6.61 Å². The Morgan fingerprint density at radius 3 is 1.18 bits per heavy atom. The van der Waals surface area contributed by atoms with Crippen molar-refractivity contribution in [3.05, 3.63) is 36.5 Å². The van der Waals surface area contributed by atoms with Crippen LogP contribution in [0.2, 0.25) is 0 Å². The Morgan fingerprint density at radius 1 is 0.471 bits per heavy atom.